The Morgan fingerprint density at radius 1 is 1.47 bits per heavy atom. The first-order valence-electron chi connectivity index (χ1n) is 4.44. The van der Waals surface area contributed by atoms with Gasteiger partial charge in [0.15, 0.2) is 0 Å². The summed E-state index contributed by atoms with van der Waals surface area (Å²) in [5, 5.41) is 10.2. The van der Waals surface area contributed by atoms with Crippen LogP contribution in [-0.4, -0.2) is 18.2 Å². The van der Waals surface area contributed by atoms with E-state index in [1.54, 1.807) is 25.1 Å². The van der Waals surface area contributed by atoms with E-state index in [0.717, 1.165) is 0 Å². The van der Waals surface area contributed by atoms with Gasteiger partial charge < -0.3 is 14.3 Å². The van der Waals surface area contributed by atoms with Crippen LogP contribution >= 0.6 is 0 Å². The van der Waals surface area contributed by atoms with Crippen molar-refractivity contribution in [2.75, 3.05) is 7.11 Å². The van der Waals surface area contributed by atoms with E-state index in [0.29, 0.717) is 16.5 Å². The zero-order valence-corrected chi connectivity index (χ0v) is 8.40. The molecule has 0 bridgehead atoms. The molecule has 0 atom stereocenters. The van der Waals surface area contributed by atoms with Gasteiger partial charge in [-0.15, -0.1) is 0 Å². The largest absolute Gasteiger partial charge is 0.507 e. The van der Waals surface area contributed by atoms with E-state index in [4.69, 9.17) is 4.42 Å². The molecule has 0 fully saturated rings. The summed E-state index contributed by atoms with van der Waals surface area (Å²) in [5.41, 5.74) is 1.07. The van der Waals surface area contributed by atoms with E-state index in [2.05, 4.69) is 4.74 Å². The fourth-order valence-corrected chi connectivity index (χ4v) is 1.57. The van der Waals surface area contributed by atoms with Crippen molar-refractivity contribution in [1.82, 2.24) is 0 Å². The zero-order valence-electron chi connectivity index (χ0n) is 8.40. The summed E-state index contributed by atoms with van der Waals surface area (Å²) in [6.07, 6.45) is 0. The average Bonchev–Trinajstić information content (AvgIpc) is 2.56. The van der Waals surface area contributed by atoms with Crippen molar-refractivity contribution in [1.29, 1.82) is 0 Å². The fraction of sp³-hybridized carbons (Fsp3) is 0.182. The van der Waals surface area contributed by atoms with E-state index in [-0.39, 0.29) is 11.5 Å². The molecule has 0 spiro atoms. The number of carbonyl (C=O) groups excluding carboxylic acids is 1. The van der Waals surface area contributed by atoms with E-state index in [1.165, 1.54) is 7.11 Å². The average molecular weight is 206 g/mol. The Morgan fingerprint density at radius 2 is 2.20 bits per heavy atom. The van der Waals surface area contributed by atoms with Crippen LogP contribution in [0.4, 0.5) is 0 Å². The number of aromatic hydroxyl groups is 1. The molecule has 1 aromatic carbocycles. The Hall–Kier alpha value is -1.97. The molecule has 4 heteroatoms. The van der Waals surface area contributed by atoms with Crippen molar-refractivity contribution in [2.24, 2.45) is 0 Å². The van der Waals surface area contributed by atoms with Crippen molar-refractivity contribution in [3.63, 3.8) is 0 Å². The molecular formula is C11H10O4. The molecule has 0 amide bonds. The molecule has 0 saturated heterocycles. The molecule has 4 nitrogen and oxygen atoms in total. The Kier molecular flexibility index (Phi) is 2.11. The lowest BCUT2D eigenvalue weighted by Crippen LogP contribution is -2.00. The van der Waals surface area contributed by atoms with Crippen LogP contribution in [0.1, 0.15) is 16.1 Å². The highest BCUT2D eigenvalue weighted by Gasteiger charge is 2.19. The third kappa shape index (κ3) is 1.34. The number of hydrogen-bond donors (Lipinski definition) is 1. The predicted octanol–water partition coefficient (Wildman–Crippen LogP) is 2.23. The molecule has 0 saturated carbocycles. The number of benzene rings is 1. The van der Waals surface area contributed by atoms with Crippen LogP contribution in [0, 0.1) is 6.92 Å². The van der Waals surface area contributed by atoms with Gasteiger partial charge in [0, 0.05) is 5.56 Å². The quantitative estimate of drug-likeness (QED) is 0.727. The SMILES string of the molecule is COC(=O)c1oc2cccc(O)c2c1C. The second kappa shape index (κ2) is 3.31. The minimum Gasteiger partial charge on any atom is -0.507 e. The highest BCUT2D eigenvalue weighted by molar-refractivity contribution is 5.98. The van der Waals surface area contributed by atoms with Crippen molar-refractivity contribution in [2.45, 2.75) is 6.92 Å². The number of furan rings is 1. The van der Waals surface area contributed by atoms with Gasteiger partial charge in [0.2, 0.25) is 5.76 Å². The van der Waals surface area contributed by atoms with Gasteiger partial charge >= 0.3 is 5.97 Å². The molecule has 1 heterocycles. The monoisotopic (exact) mass is 206 g/mol. The molecular weight excluding hydrogens is 196 g/mol. The third-order valence-corrected chi connectivity index (χ3v) is 2.30. The Balaban J connectivity index is 2.75. The van der Waals surface area contributed by atoms with Gasteiger partial charge in [-0.1, -0.05) is 6.07 Å². The normalized spacial score (nSPS) is 10.5. The van der Waals surface area contributed by atoms with Gasteiger partial charge in [-0.25, -0.2) is 4.79 Å². The van der Waals surface area contributed by atoms with Crippen LogP contribution in [-0.2, 0) is 4.74 Å². The summed E-state index contributed by atoms with van der Waals surface area (Å²) in [5.74, 6) is -0.305. The molecule has 15 heavy (non-hydrogen) atoms. The molecule has 78 valence electrons. The van der Waals surface area contributed by atoms with Crippen LogP contribution < -0.4 is 0 Å². The van der Waals surface area contributed by atoms with E-state index < -0.39 is 5.97 Å². The topological polar surface area (TPSA) is 59.7 Å². The lowest BCUT2D eigenvalue weighted by Gasteiger charge is -1.95. The molecule has 0 unspecified atom stereocenters. The van der Waals surface area contributed by atoms with Crippen LogP contribution in [0.25, 0.3) is 11.0 Å². The lowest BCUT2D eigenvalue weighted by molar-refractivity contribution is 0.0566. The number of esters is 1. The predicted molar refractivity (Wildman–Crippen MR) is 54.0 cm³/mol. The van der Waals surface area contributed by atoms with Crippen molar-refractivity contribution >= 4 is 16.9 Å². The summed E-state index contributed by atoms with van der Waals surface area (Å²) >= 11 is 0. The molecule has 0 radical (unpaired) electrons. The molecule has 0 aliphatic carbocycles. The molecule has 0 aliphatic heterocycles. The number of phenolic OH excluding ortho intramolecular Hbond substituents is 1. The van der Waals surface area contributed by atoms with E-state index in [9.17, 15) is 9.90 Å². The number of carbonyl (C=O) groups is 1. The first-order chi connectivity index (χ1) is 7.15. The van der Waals surface area contributed by atoms with E-state index in [1.807, 2.05) is 0 Å². The van der Waals surface area contributed by atoms with Gasteiger partial charge in [0.1, 0.15) is 11.3 Å². The van der Waals surface area contributed by atoms with Crippen LogP contribution in [0.2, 0.25) is 0 Å². The molecule has 2 aromatic rings. The number of aryl methyl sites for hydroxylation is 1. The molecule has 0 aliphatic rings. The smallest absolute Gasteiger partial charge is 0.374 e. The third-order valence-electron chi connectivity index (χ3n) is 2.30. The summed E-state index contributed by atoms with van der Waals surface area (Å²) in [6.45, 7) is 1.71. The van der Waals surface area contributed by atoms with Crippen molar-refractivity contribution < 1.29 is 19.1 Å². The maximum Gasteiger partial charge on any atom is 0.374 e. The number of rotatable bonds is 1. The van der Waals surface area contributed by atoms with Crippen LogP contribution in [0.5, 0.6) is 5.75 Å². The Bertz CT molecular complexity index is 525. The van der Waals surface area contributed by atoms with Gasteiger partial charge in [-0.05, 0) is 19.1 Å². The number of methoxy groups -OCH3 is 1. The first kappa shape index (κ1) is 9.58. The fourth-order valence-electron chi connectivity index (χ4n) is 1.57. The summed E-state index contributed by atoms with van der Waals surface area (Å²) in [6, 6.07) is 4.89. The van der Waals surface area contributed by atoms with Gasteiger partial charge in [0.05, 0.1) is 12.5 Å². The maximum absolute atomic E-state index is 11.3. The number of phenols is 1. The summed E-state index contributed by atoms with van der Waals surface area (Å²) in [4.78, 5) is 11.3. The van der Waals surface area contributed by atoms with Crippen LogP contribution in [0.3, 0.4) is 0 Å². The van der Waals surface area contributed by atoms with Gasteiger partial charge in [0.25, 0.3) is 0 Å². The maximum atomic E-state index is 11.3. The number of ether oxygens (including phenoxy) is 1. The minimum absolute atomic E-state index is 0.101. The van der Waals surface area contributed by atoms with Crippen molar-refractivity contribution in [3.8, 4) is 5.75 Å². The Labute approximate surface area is 86.1 Å². The van der Waals surface area contributed by atoms with Crippen molar-refractivity contribution in [3.05, 3.63) is 29.5 Å². The molecule has 1 N–H and O–H groups in total. The zero-order chi connectivity index (χ0) is 11.0. The van der Waals surface area contributed by atoms with Gasteiger partial charge in [-0.3, -0.25) is 0 Å². The molecule has 1 aromatic heterocycles. The van der Waals surface area contributed by atoms with Crippen LogP contribution in [0.15, 0.2) is 22.6 Å². The lowest BCUT2D eigenvalue weighted by atomic mass is 10.1. The van der Waals surface area contributed by atoms with Gasteiger partial charge in [-0.2, -0.15) is 0 Å². The van der Waals surface area contributed by atoms with E-state index >= 15 is 0 Å². The summed E-state index contributed by atoms with van der Waals surface area (Å²) in [7, 11) is 1.29. The number of hydrogen-bond acceptors (Lipinski definition) is 4. The first-order valence-corrected chi connectivity index (χ1v) is 4.44. The second-order valence-corrected chi connectivity index (χ2v) is 3.20. The summed E-state index contributed by atoms with van der Waals surface area (Å²) < 4.78 is 9.87. The number of fused-ring (bicyclic) bond motifs is 1. The minimum atomic E-state index is -0.539. The highest BCUT2D eigenvalue weighted by atomic mass is 16.5. The Morgan fingerprint density at radius 3 is 2.80 bits per heavy atom. The second-order valence-electron chi connectivity index (χ2n) is 3.20. The molecule has 2 rings (SSSR count). The highest BCUT2D eigenvalue weighted by Crippen LogP contribution is 2.32. The standard InChI is InChI=1S/C11H10O4/c1-6-9-7(12)4-3-5-8(9)15-10(6)11(13)14-2/h3-5,12H,1-2H3.